The van der Waals surface area contributed by atoms with Gasteiger partial charge in [0.1, 0.15) is 5.82 Å². The molecule has 9 heteroatoms. The quantitative estimate of drug-likeness (QED) is 0.434. The van der Waals surface area contributed by atoms with Gasteiger partial charge in [-0.3, -0.25) is 0 Å². The van der Waals surface area contributed by atoms with Crippen LogP contribution in [0.25, 0.3) is 0 Å². The average Bonchev–Trinajstić information content (AvgIpc) is 3.19. The Balaban J connectivity index is 1.57. The van der Waals surface area contributed by atoms with E-state index in [1.165, 1.54) is 44.2 Å². The predicted octanol–water partition coefficient (Wildman–Crippen LogP) is 4.89. The molecule has 3 aromatic rings. The van der Waals surface area contributed by atoms with Crippen LogP contribution in [0, 0.1) is 11.7 Å². The first-order chi connectivity index (χ1) is 15.9. The Morgan fingerprint density at radius 3 is 2.45 bits per heavy atom. The lowest BCUT2D eigenvalue weighted by atomic mass is 9.91. The number of benzene rings is 2. The fraction of sp³-hybridized carbons (Fsp3) is 0.417. The van der Waals surface area contributed by atoms with Gasteiger partial charge in [0.25, 0.3) is 0 Å². The second kappa shape index (κ2) is 10.8. The van der Waals surface area contributed by atoms with Crippen LogP contribution < -0.4 is 4.72 Å². The molecule has 4 rings (SSSR count). The Hall–Kier alpha value is -2.23. The van der Waals surface area contributed by atoms with Crippen molar-refractivity contribution >= 4 is 21.8 Å². The van der Waals surface area contributed by atoms with E-state index in [1.807, 2.05) is 41.9 Å². The third-order valence-corrected chi connectivity index (χ3v) is 8.80. The summed E-state index contributed by atoms with van der Waals surface area (Å²) >= 11 is 1.68. The smallest absolute Gasteiger partial charge is 0.241 e. The minimum absolute atomic E-state index is 0.0102. The molecule has 1 aliphatic carbocycles. The minimum atomic E-state index is -3.89. The van der Waals surface area contributed by atoms with Gasteiger partial charge in [-0.15, -0.1) is 10.2 Å². The summed E-state index contributed by atoms with van der Waals surface area (Å²) in [6, 6.07) is 13.9. The van der Waals surface area contributed by atoms with Crippen molar-refractivity contribution in [1.82, 2.24) is 19.5 Å². The highest BCUT2D eigenvalue weighted by molar-refractivity contribution is 7.99. The zero-order valence-corrected chi connectivity index (χ0v) is 20.3. The Kier molecular flexibility index (Phi) is 7.82. The van der Waals surface area contributed by atoms with Crippen LogP contribution in [-0.4, -0.2) is 28.9 Å². The van der Waals surface area contributed by atoms with Gasteiger partial charge in [0, 0.05) is 12.8 Å². The molecule has 0 saturated heterocycles. The number of rotatable bonds is 9. The van der Waals surface area contributed by atoms with Crippen LogP contribution in [0.1, 0.15) is 49.5 Å². The van der Waals surface area contributed by atoms with E-state index >= 15 is 0 Å². The van der Waals surface area contributed by atoms with Crippen LogP contribution in [0.4, 0.5) is 4.39 Å². The Labute approximate surface area is 199 Å². The highest BCUT2D eigenvalue weighted by atomic mass is 32.2. The standard InChI is InChI=1S/C24H29FN4O2S2/c1-29-23(26-27-24(29)32-17-19-10-6-3-7-11-19)22(16-18-8-4-2-5-9-18)28-33(30,31)21-14-12-20(25)13-15-21/h2,4-5,8-9,12-15,19,22,28H,3,6-7,10-11,16-17H2,1H3. The largest absolute Gasteiger partial charge is 0.308 e. The topological polar surface area (TPSA) is 76.9 Å². The molecule has 0 aliphatic heterocycles. The molecule has 1 unspecified atom stereocenters. The van der Waals surface area contributed by atoms with Gasteiger partial charge in [-0.1, -0.05) is 61.4 Å². The van der Waals surface area contributed by atoms with Crippen molar-refractivity contribution in [2.75, 3.05) is 5.75 Å². The van der Waals surface area contributed by atoms with Crippen molar-refractivity contribution in [2.24, 2.45) is 13.0 Å². The summed E-state index contributed by atoms with van der Waals surface area (Å²) in [5, 5.41) is 9.53. The first-order valence-corrected chi connectivity index (χ1v) is 13.7. The molecule has 0 bridgehead atoms. The minimum Gasteiger partial charge on any atom is -0.308 e. The third kappa shape index (κ3) is 6.22. The highest BCUT2D eigenvalue weighted by Crippen LogP contribution is 2.30. The lowest BCUT2D eigenvalue weighted by Gasteiger charge is -2.21. The zero-order chi connectivity index (χ0) is 23.3. The molecule has 1 heterocycles. The van der Waals surface area contributed by atoms with Crippen LogP contribution in [-0.2, 0) is 23.5 Å². The van der Waals surface area contributed by atoms with E-state index in [9.17, 15) is 12.8 Å². The zero-order valence-electron chi connectivity index (χ0n) is 18.7. The van der Waals surface area contributed by atoms with Gasteiger partial charge in [-0.25, -0.2) is 17.5 Å². The van der Waals surface area contributed by atoms with E-state index in [0.29, 0.717) is 18.2 Å². The van der Waals surface area contributed by atoms with Crippen LogP contribution in [0.15, 0.2) is 64.6 Å². The summed E-state index contributed by atoms with van der Waals surface area (Å²) in [7, 11) is -2.01. The maximum Gasteiger partial charge on any atom is 0.241 e. The lowest BCUT2D eigenvalue weighted by Crippen LogP contribution is -2.32. The number of aromatic nitrogens is 3. The van der Waals surface area contributed by atoms with E-state index in [2.05, 4.69) is 14.9 Å². The van der Waals surface area contributed by atoms with E-state index in [4.69, 9.17) is 0 Å². The molecule has 0 spiro atoms. The Morgan fingerprint density at radius 2 is 1.76 bits per heavy atom. The van der Waals surface area contributed by atoms with Crippen molar-refractivity contribution in [1.29, 1.82) is 0 Å². The number of nitrogens with zero attached hydrogens (tertiary/aromatic N) is 3. The number of hydrogen-bond acceptors (Lipinski definition) is 5. The van der Waals surface area contributed by atoms with Gasteiger partial charge >= 0.3 is 0 Å². The van der Waals surface area contributed by atoms with Crippen LogP contribution in [0.2, 0.25) is 0 Å². The van der Waals surface area contributed by atoms with Gasteiger partial charge in [-0.05, 0) is 55.0 Å². The SMILES string of the molecule is Cn1c(SCC2CCCCC2)nnc1C(Cc1ccccc1)NS(=O)(=O)c1ccc(F)cc1. The maximum atomic E-state index is 13.3. The summed E-state index contributed by atoms with van der Waals surface area (Å²) in [4.78, 5) is 0.0102. The van der Waals surface area contributed by atoms with Crippen molar-refractivity contribution in [2.45, 2.75) is 54.6 Å². The fourth-order valence-corrected chi connectivity index (χ4v) is 6.50. The van der Waals surface area contributed by atoms with Crippen LogP contribution in [0.3, 0.4) is 0 Å². The molecule has 1 atom stereocenters. The summed E-state index contributed by atoms with van der Waals surface area (Å²) in [6.45, 7) is 0. The number of halogens is 1. The molecular formula is C24H29FN4O2S2. The van der Waals surface area contributed by atoms with Gasteiger partial charge in [0.05, 0.1) is 10.9 Å². The third-order valence-electron chi connectivity index (χ3n) is 6.06. The number of hydrogen-bond donors (Lipinski definition) is 1. The second-order valence-electron chi connectivity index (χ2n) is 8.53. The molecule has 33 heavy (non-hydrogen) atoms. The summed E-state index contributed by atoms with van der Waals surface area (Å²) in [5.41, 5.74) is 0.976. The lowest BCUT2D eigenvalue weighted by molar-refractivity contribution is 0.390. The molecule has 176 valence electrons. The average molecular weight is 489 g/mol. The first-order valence-electron chi connectivity index (χ1n) is 11.3. The second-order valence-corrected chi connectivity index (χ2v) is 11.2. The van der Waals surface area contributed by atoms with Crippen molar-refractivity contribution in [3.05, 3.63) is 71.8 Å². The monoisotopic (exact) mass is 488 g/mol. The Morgan fingerprint density at radius 1 is 1.06 bits per heavy atom. The van der Waals surface area contributed by atoms with E-state index in [0.717, 1.165) is 28.6 Å². The van der Waals surface area contributed by atoms with Crippen molar-refractivity contribution < 1.29 is 12.8 Å². The molecule has 2 aromatic carbocycles. The number of thioether (sulfide) groups is 1. The normalized spacial score (nSPS) is 16.1. The van der Waals surface area contributed by atoms with Gasteiger partial charge in [-0.2, -0.15) is 0 Å². The number of sulfonamides is 1. The molecule has 1 aromatic heterocycles. The van der Waals surface area contributed by atoms with E-state index in [1.54, 1.807) is 11.8 Å². The molecule has 0 amide bonds. The number of nitrogens with one attached hydrogen (secondary N) is 1. The molecule has 6 nitrogen and oxygen atoms in total. The maximum absolute atomic E-state index is 13.3. The summed E-state index contributed by atoms with van der Waals surface area (Å²) < 4.78 is 44.1. The van der Waals surface area contributed by atoms with Crippen LogP contribution in [0.5, 0.6) is 0 Å². The fourth-order valence-electron chi connectivity index (χ4n) is 4.21. The van der Waals surface area contributed by atoms with Gasteiger partial charge < -0.3 is 4.57 Å². The summed E-state index contributed by atoms with van der Waals surface area (Å²) in [6.07, 6.45) is 6.84. The molecule has 1 aliphatic rings. The predicted molar refractivity (Wildman–Crippen MR) is 128 cm³/mol. The van der Waals surface area contributed by atoms with Crippen LogP contribution >= 0.6 is 11.8 Å². The first kappa shape index (κ1) is 23.9. The van der Waals surface area contributed by atoms with E-state index < -0.39 is 21.9 Å². The molecule has 1 fully saturated rings. The van der Waals surface area contributed by atoms with E-state index in [-0.39, 0.29) is 4.90 Å². The highest BCUT2D eigenvalue weighted by Gasteiger charge is 2.27. The molecular weight excluding hydrogens is 459 g/mol. The molecule has 1 N–H and O–H groups in total. The Bertz CT molecular complexity index is 1140. The van der Waals surface area contributed by atoms with Gasteiger partial charge in [0.2, 0.25) is 10.0 Å². The van der Waals surface area contributed by atoms with Crippen molar-refractivity contribution in [3.63, 3.8) is 0 Å². The summed E-state index contributed by atoms with van der Waals surface area (Å²) in [5.74, 6) is 1.76. The van der Waals surface area contributed by atoms with Crippen molar-refractivity contribution in [3.8, 4) is 0 Å². The van der Waals surface area contributed by atoms with Gasteiger partial charge in [0.15, 0.2) is 11.0 Å². The molecule has 0 radical (unpaired) electrons. The molecule has 1 saturated carbocycles.